The van der Waals surface area contributed by atoms with Crippen molar-refractivity contribution in [1.29, 1.82) is 0 Å². The number of hydrogen-bond acceptors (Lipinski definition) is 4. The van der Waals surface area contributed by atoms with Crippen molar-refractivity contribution in [2.45, 2.75) is 37.8 Å². The maximum Gasteiger partial charge on any atom is 0.326 e. The Morgan fingerprint density at radius 3 is 2.96 bits per heavy atom. The number of aromatic nitrogens is 4. The van der Waals surface area contributed by atoms with Gasteiger partial charge in [0.15, 0.2) is 0 Å². The molecule has 2 amide bonds. The van der Waals surface area contributed by atoms with Gasteiger partial charge in [0.05, 0.1) is 23.3 Å². The molecule has 0 spiro atoms. The Kier molecular flexibility index (Phi) is 3.56. The molecule has 0 bridgehead atoms. The molecule has 3 N–H and O–H groups in total. The van der Waals surface area contributed by atoms with E-state index in [1.807, 2.05) is 6.07 Å². The number of nitrogens with one attached hydrogen (secondary N) is 3. The fourth-order valence-corrected chi connectivity index (χ4v) is 4.36. The molecule has 0 aliphatic carbocycles. The lowest BCUT2D eigenvalue weighted by Crippen LogP contribution is -2.49. The minimum absolute atomic E-state index is 0.0492. The number of hydrogen-bond donors (Lipinski definition) is 3. The molecule has 3 aromatic heterocycles. The Hall–Kier alpha value is -3.10. The third-order valence-electron chi connectivity index (χ3n) is 5.63. The van der Waals surface area contributed by atoms with Gasteiger partial charge in [-0.05, 0) is 25.3 Å². The summed E-state index contributed by atoms with van der Waals surface area (Å²) in [6.45, 7) is 1.12. The van der Waals surface area contributed by atoms with Crippen LogP contribution >= 0.6 is 0 Å². The van der Waals surface area contributed by atoms with Crippen LogP contribution in [0.25, 0.3) is 22.1 Å². The lowest BCUT2D eigenvalue weighted by molar-refractivity contribution is -0.135. The first-order valence-electron chi connectivity index (χ1n) is 9.26. The second kappa shape index (κ2) is 5.97. The van der Waals surface area contributed by atoms with Gasteiger partial charge in [-0.1, -0.05) is 0 Å². The Bertz CT molecular complexity index is 1110. The fraction of sp³-hybridized carbons (Fsp3) is 0.444. The van der Waals surface area contributed by atoms with Crippen LogP contribution < -0.4 is 11.0 Å². The van der Waals surface area contributed by atoms with E-state index in [1.54, 1.807) is 21.9 Å². The Morgan fingerprint density at radius 1 is 1.26 bits per heavy atom. The first-order valence-corrected chi connectivity index (χ1v) is 9.26. The fourth-order valence-electron chi connectivity index (χ4n) is 4.36. The molecule has 2 atom stereocenters. The number of fused-ring (bicyclic) bond motifs is 3. The number of amides is 2. The number of pyridine rings is 1. The number of imidazole rings is 1. The monoisotopic (exact) mass is 368 g/mol. The summed E-state index contributed by atoms with van der Waals surface area (Å²) in [6.07, 6.45) is 6.04. The molecule has 5 heterocycles. The van der Waals surface area contributed by atoms with Crippen LogP contribution in [0.15, 0.2) is 23.3 Å². The van der Waals surface area contributed by atoms with E-state index in [-0.39, 0.29) is 23.5 Å². The molecular formula is C18H20N6O3. The predicted octanol–water partition coefficient (Wildman–Crippen LogP) is 0.648. The molecule has 27 heavy (non-hydrogen) atoms. The SMILES string of the molecule is O=C1CCC(C(=O)N2CCCC(n3c(=O)[nH]c4cnc5[nH]ccc5c43)C2)N1. The van der Waals surface area contributed by atoms with Crippen molar-refractivity contribution in [2.24, 2.45) is 0 Å². The molecule has 0 saturated carbocycles. The highest BCUT2D eigenvalue weighted by Crippen LogP contribution is 2.28. The van der Waals surface area contributed by atoms with Crippen LogP contribution in [0.2, 0.25) is 0 Å². The van der Waals surface area contributed by atoms with Crippen molar-refractivity contribution in [3.05, 3.63) is 28.9 Å². The third kappa shape index (κ3) is 2.53. The molecule has 2 fully saturated rings. The number of carbonyl (C=O) groups is 2. The molecule has 2 saturated heterocycles. The van der Waals surface area contributed by atoms with Crippen molar-refractivity contribution >= 4 is 33.9 Å². The van der Waals surface area contributed by atoms with E-state index < -0.39 is 6.04 Å². The maximum atomic E-state index is 12.8. The molecule has 0 aromatic carbocycles. The summed E-state index contributed by atoms with van der Waals surface area (Å²) in [6, 6.07) is 1.37. The second-order valence-electron chi connectivity index (χ2n) is 7.30. The van der Waals surface area contributed by atoms with Crippen molar-refractivity contribution in [1.82, 2.24) is 29.7 Å². The van der Waals surface area contributed by atoms with Crippen LogP contribution in [0.4, 0.5) is 0 Å². The highest BCUT2D eigenvalue weighted by Gasteiger charge is 2.34. The van der Waals surface area contributed by atoms with Crippen molar-refractivity contribution in [3.8, 4) is 0 Å². The highest BCUT2D eigenvalue weighted by atomic mass is 16.2. The van der Waals surface area contributed by atoms with E-state index in [2.05, 4.69) is 20.3 Å². The summed E-state index contributed by atoms with van der Waals surface area (Å²) in [5.41, 5.74) is 2.06. The summed E-state index contributed by atoms with van der Waals surface area (Å²) in [5.74, 6) is -0.121. The average Bonchev–Trinajstić information content (AvgIpc) is 3.38. The van der Waals surface area contributed by atoms with E-state index in [9.17, 15) is 14.4 Å². The topological polar surface area (TPSA) is 116 Å². The number of carbonyl (C=O) groups excluding carboxylic acids is 2. The highest BCUT2D eigenvalue weighted by molar-refractivity contribution is 6.01. The lowest BCUT2D eigenvalue weighted by atomic mass is 10.0. The van der Waals surface area contributed by atoms with Gasteiger partial charge in [0, 0.05) is 31.1 Å². The zero-order chi connectivity index (χ0) is 18.5. The van der Waals surface area contributed by atoms with Gasteiger partial charge < -0.3 is 20.2 Å². The molecular weight excluding hydrogens is 348 g/mol. The summed E-state index contributed by atoms with van der Waals surface area (Å²) >= 11 is 0. The largest absolute Gasteiger partial charge is 0.346 e. The number of H-pyrrole nitrogens is 2. The summed E-state index contributed by atoms with van der Waals surface area (Å²) in [4.78, 5) is 49.0. The van der Waals surface area contributed by atoms with Gasteiger partial charge in [-0.2, -0.15) is 0 Å². The second-order valence-corrected chi connectivity index (χ2v) is 7.30. The number of aromatic amines is 2. The van der Waals surface area contributed by atoms with E-state index in [0.717, 1.165) is 29.4 Å². The van der Waals surface area contributed by atoms with Crippen molar-refractivity contribution in [2.75, 3.05) is 13.1 Å². The van der Waals surface area contributed by atoms with Gasteiger partial charge in [0.2, 0.25) is 11.8 Å². The Labute approximate surface area is 153 Å². The maximum absolute atomic E-state index is 12.8. The van der Waals surface area contributed by atoms with Crippen molar-refractivity contribution < 1.29 is 9.59 Å². The van der Waals surface area contributed by atoms with E-state index >= 15 is 0 Å². The quantitative estimate of drug-likeness (QED) is 0.616. The van der Waals surface area contributed by atoms with E-state index in [0.29, 0.717) is 31.4 Å². The molecule has 5 rings (SSSR count). The predicted molar refractivity (Wildman–Crippen MR) is 98.2 cm³/mol. The number of likely N-dealkylation sites (tertiary alicyclic amines) is 1. The average molecular weight is 368 g/mol. The van der Waals surface area contributed by atoms with Crippen LogP contribution in [0.3, 0.4) is 0 Å². The lowest BCUT2D eigenvalue weighted by Gasteiger charge is -2.34. The minimum Gasteiger partial charge on any atom is -0.346 e. The molecule has 2 aliphatic rings. The molecule has 9 heteroatoms. The summed E-state index contributed by atoms with van der Waals surface area (Å²) < 4.78 is 1.76. The van der Waals surface area contributed by atoms with Crippen LogP contribution in [0.1, 0.15) is 31.7 Å². The molecule has 9 nitrogen and oxygen atoms in total. The number of piperidine rings is 1. The van der Waals surface area contributed by atoms with E-state index in [4.69, 9.17) is 0 Å². The first-order chi connectivity index (χ1) is 13.1. The zero-order valence-electron chi connectivity index (χ0n) is 14.7. The van der Waals surface area contributed by atoms with Gasteiger partial charge in [0.25, 0.3) is 0 Å². The molecule has 2 unspecified atom stereocenters. The standard InChI is InChI=1S/C18H20N6O3/c25-14-4-3-12(21-14)17(26)23-7-1-2-10(9-23)24-15-11-5-6-19-16(11)20-8-13(15)22-18(24)27/h5-6,8,10,12H,1-4,7,9H2,(H,19,20)(H,21,25)(H,22,27). The zero-order valence-corrected chi connectivity index (χ0v) is 14.7. The third-order valence-corrected chi connectivity index (χ3v) is 5.63. The van der Waals surface area contributed by atoms with E-state index in [1.165, 1.54) is 0 Å². The normalized spacial score (nSPS) is 23.3. The molecule has 140 valence electrons. The minimum atomic E-state index is -0.434. The van der Waals surface area contributed by atoms with Crippen LogP contribution in [0.5, 0.6) is 0 Å². The smallest absolute Gasteiger partial charge is 0.326 e. The van der Waals surface area contributed by atoms with Gasteiger partial charge in [-0.3, -0.25) is 14.2 Å². The first kappa shape index (κ1) is 16.1. The molecule has 2 aliphatic heterocycles. The van der Waals surface area contributed by atoms with Crippen LogP contribution in [0, 0.1) is 0 Å². The van der Waals surface area contributed by atoms with Crippen LogP contribution in [-0.2, 0) is 9.59 Å². The summed E-state index contributed by atoms with van der Waals surface area (Å²) in [5, 5.41) is 3.63. The van der Waals surface area contributed by atoms with Crippen LogP contribution in [-0.4, -0.2) is 55.4 Å². The molecule has 0 radical (unpaired) electrons. The van der Waals surface area contributed by atoms with Gasteiger partial charge in [-0.15, -0.1) is 0 Å². The van der Waals surface area contributed by atoms with Gasteiger partial charge in [-0.25, -0.2) is 9.78 Å². The van der Waals surface area contributed by atoms with Gasteiger partial charge in [0.1, 0.15) is 11.7 Å². The summed E-state index contributed by atoms with van der Waals surface area (Å²) in [7, 11) is 0. The number of nitrogens with zero attached hydrogens (tertiary/aromatic N) is 3. The number of rotatable bonds is 2. The van der Waals surface area contributed by atoms with Crippen molar-refractivity contribution in [3.63, 3.8) is 0 Å². The Morgan fingerprint density at radius 2 is 2.15 bits per heavy atom. The Balaban J connectivity index is 1.50. The van der Waals surface area contributed by atoms with Gasteiger partial charge >= 0.3 is 5.69 Å². The molecule has 3 aromatic rings.